The van der Waals surface area contributed by atoms with Crippen LogP contribution in [-0.4, -0.2) is 17.4 Å². The Bertz CT molecular complexity index is 353. The molecule has 1 aliphatic heterocycles. The van der Waals surface area contributed by atoms with E-state index in [0.29, 0.717) is 17.0 Å². The van der Waals surface area contributed by atoms with Gasteiger partial charge in [-0.05, 0) is 20.8 Å². The molecule has 0 bridgehead atoms. The number of allylic oxidation sites excluding steroid dienone is 2. The van der Waals surface area contributed by atoms with Gasteiger partial charge >= 0.3 is 0 Å². The van der Waals surface area contributed by atoms with Gasteiger partial charge in [0.25, 0.3) is 5.91 Å². The number of hydrogen-bond donors (Lipinski definition) is 2. The van der Waals surface area contributed by atoms with Crippen LogP contribution in [0.1, 0.15) is 20.8 Å². The molecule has 0 saturated carbocycles. The lowest BCUT2D eigenvalue weighted by atomic mass is 9.90. The molecule has 1 heterocycles. The number of nitrogens with one attached hydrogen (secondary N) is 1. The third kappa shape index (κ3) is 1.58. The summed E-state index contributed by atoms with van der Waals surface area (Å²) in [6.07, 6.45) is 0. The monoisotopic (exact) mass is 195 g/mol. The Morgan fingerprint density at radius 1 is 1.43 bits per heavy atom. The molecule has 1 amide bonds. The molecule has 1 unspecified atom stereocenters. The minimum absolute atomic E-state index is 0.224. The summed E-state index contributed by atoms with van der Waals surface area (Å²) in [6.45, 7) is 5.05. The van der Waals surface area contributed by atoms with Crippen molar-refractivity contribution in [2.24, 2.45) is 16.8 Å². The van der Waals surface area contributed by atoms with Gasteiger partial charge in [-0.3, -0.25) is 20.0 Å². The summed E-state index contributed by atoms with van der Waals surface area (Å²) >= 11 is 0. The van der Waals surface area contributed by atoms with Gasteiger partial charge in [0.05, 0.1) is 0 Å². The number of Topliss-reactive ketones (excluding diaryl/α,β-unsaturated/α-hetero) is 1. The number of nitrogens with zero attached hydrogens (tertiary/aromatic N) is 1. The molecule has 0 spiro atoms. The minimum Gasteiger partial charge on any atom is -0.293 e. The average molecular weight is 195 g/mol. The average Bonchev–Trinajstić information content (AvgIpc) is 2.14. The van der Waals surface area contributed by atoms with Crippen molar-refractivity contribution < 1.29 is 9.59 Å². The van der Waals surface area contributed by atoms with E-state index >= 15 is 0 Å². The lowest BCUT2D eigenvalue weighted by Crippen LogP contribution is -2.44. The second-order valence-electron chi connectivity index (χ2n) is 3.27. The van der Waals surface area contributed by atoms with Crippen molar-refractivity contribution in [3.05, 3.63) is 11.3 Å². The van der Waals surface area contributed by atoms with Crippen LogP contribution in [-0.2, 0) is 9.59 Å². The molecule has 0 aromatic carbocycles. The van der Waals surface area contributed by atoms with Gasteiger partial charge in [-0.2, -0.15) is 0 Å². The second kappa shape index (κ2) is 3.71. The molecule has 1 atom stereocenters. The maximum Gasteiger partial charge on any atom is 0.250 e. The number of nitrogens with two attached hydrogens (primary N) is 1. The van der Waals surface area contributed by atoms with E-state index in [1.807, 2.05) is 5.43 Å². The fourth-order valence-corrected chi connectivity index (χ4v) is 1.39. The van der Waals surface area contributed by atoms with Crippen molar-refractivity contribution in [1.82, 2.24) is 5.43 Å². The molecule has 0 aliphatic carbocycles. The molecule has 0 saturated heterocycles. The van der Waals surface area contributed by atoms with E-state index in [4.69, 9.17) is 5.84 Å². The zero-order valence-corrected chi connectivity index (χ0v) is 8.42. The number of aliphatic imine (C=N–C) groups is 1. The summed E-state index contributed by atoms with van der Waals surface area (Å²) in [7, 11) is 0. The summed E-state index contributed by atoms with van der Waals surface area (Å²) in [6, 6.07) is 0. The second-order valence-corrected chi connectivity index (χ2v) is 3.27. The molecule has 1 aliphatic rings. The van der Waals surface area contributed by atoms with Crippen LogP contribution in [0.15, 0.2) is 16.3 Å². The first kappa shape index (κ1) is 10.6. The van der Waals surface area contributed by atoms with Crippen LogP contribution in [0.25, 0.3) is 0 Å². The van der Waals surface area contributed by atoms with E-state index in [-0.39, 0.29) is 5.78 Å². The lowest BCUT2D eigenvalue weighted by Gasteiger charge is -2.19. The molecule has 0 radical (unpaired) electrons. The maximum absolute atomic E-state index is 11.7. The van der Waals surface area contributed by atoms with Crippen LogP contribution < -0.4 is 11.3 Å². The van der Waals surface area contributed by atoms with E-state index < -0.39 is 11.8 Å². The fourth-order valence-electron chi connectivity index (χ4n) is 1.39. The zero-order chi connectivity index (χ0) is 10.9. The summed E-state index contributed by atoms with van der Waals surface area (Å²) in [5.41, 5.74) is 3.63. The summed E-state index contributed by atoms with van der Waals surface area (Å²) in [4.78, 5) is 27.1. The topological polar surface area (TPSA) is 84.5 Å². The smallest absolute Gasteiger partial charge is 0.250 e. The molecule has 3 N–H and O–H groups in total. The lowest BCUT2D eigenvalue weighted by molar-refractivity contribution is -0.129. The van der Waals surface area contributed by atoms with Crippen LogP contribution in [0.5, 0.6) is 0 Å². The highest BCUT2D eigenvalue weighted by Gasteiger charge is 2.33. The quantitative estimate of drug-likeness (QED) is 0.266. The SMILES string of the molecule is CC1=NC(C)=C(C)C(=O)C1C(=O)NN. The molecule has 76 valence electrons. The van der Waals surface area contributed by atoms with Gasteiger partial charge in [-0.1, -0.05) is 0 Å². The Kier molecular flexibility index (Phi) is 2.81. The van der Waals surface area contributed by atoms with Crippen molar-refractivity contribution in [2.45, 2.75) is 20.8 Å². The first-order valence-electron chi connectivity index (χ1n) is 4.26. The summed E-state index contributed by atoms with van der Waals surface area (Å²) in [5, 5.41) is 0. The number of carbonyl (C=O) groups excluding carboxylic acids is 2. The Morgan fingerprint density at radius 2 is 2.00 bits per heavy atom. The third-order valence-corrected chi connectivity index (χ3v) is 2.34. The Morgan fingerprint density at radius 3 is 2.50 bits per heavy atom. The minimum atomic E-state index is -0.858. The molecular weight excluding hydrogens is 182 g/mol. The molecule has 1 rings (SSSR count). The van der Waals surface area contributed by atoms with E-state index in [9.17, 15) is 9.59 Å². The standard InChI is InChI=1S/C9H13N3O2/c1-4-5(2)11-6(3)7(8(4)13)9(14)12-10/h7H,10H2,1-3H3,(H,12,14). The predicted octanol–water partition coefficient (Wildman–Crippen LogP) is -0.0700. The van der Waals surface area contributed by atoms with E-state index in [2.05, 4.69) is 4.99 Å². The molecular formula is C9H13N3O2. The van der Waals surface area contributed by atoms with Gasteiger partial charge in [0.2, 0.25) is 0 Å². The summed E-state index contributed by atoms with van der Waals surface area (Å²) in [5.74, 6) is 3.39. The molecule has 0 aromatic rings. The van der Waals surface area contributed by atoms with Crippen LogP contribution in [0.4, 0.5) is 0 Å². The van der Waals surface area contributed by atoms with Crippen molar-refractivity contribution >= 4 is 17.4 Å². The van der Waals surface area contributed by atoms with Crippen molar-refractivity contribution in [3.8, 4) is 0 Å². The Hall–Kier alpha value is -1.49. The number of amides is 1. The number of hydrogen-bond acceptors (Lipinski definition) is 4. The van der Waals surface area contributed by atoms with Crippen LogP contribution >= 0.6 is 0 Å². The highest BCUT2D eigenvalue weighted by Crippen LogP contribution is 2.20. The van der Waals surface area contributed by atoms with E-state index in [0.717, 1.165) is 0 Å². The number of ketones is 1. The third-order valence-electron chi connectivity index (χ3n) is 2.34. The van der Waals surface area contributed by atoms with Gasteiger partial charge in [-0.25, -0.2) is 5.84 Å². The van der Waals surface area contributed by atoms with Crippen LogP contribution in [0, 0.1) is 5.92 Å². The first-order valence-corrected chi connectivity index (χ1v) is 4.26. The van der Waals surface area contributed by atoms with Crippen LogP contribution in [0.2, 0.25) is 0 Å². The van der Waals surface area contributed by atoms with Crippen molar-refractivity contribution in [1.29, 1.82) is 0 Å². The van der Waals surface area contributed by atoms with Gasteiger partial charge in [0, 0.05) is 17.0 Å². The van der Waals surface area contributed by atoms with Gasteiger partial charge in [0.15, 0.2) is 5.78 Å². The highest BCUT2D eigenvalue weighted by atomic mass is 16.2. The fraction of sp³-hybridized carbons (Fsp3) is 0.444. The molecule has 14 heavy (non-hydrogen) atoms. The van der Waals surface area contributed by atoms with Gasteiger partial charge in [0.1, 0.15) is 5.92 Å². The largest absolute Gasteiger partial charge is 0.293 e. The van der Waals surface area contributed by atoms with Crippen LogP contribution in [0.3, 0.4) is 0 Å². The number of hydrazine groups is 1. The maximum atomic E-state index is 11.7. The number of rotatable bonds is 1. The molecule has 5 heteroatoms. The van der Waals surface area contributed by atoms with E-state index in [1.54, 1.807) is 20.8 Å². The predicted molar refractivity (Wildman–Crippen MR) is 52.3 cm³/mol. The zero-order valence-electron chi connectivity index (χ0n) is 8.42. The Balaban J connectivity index is 3.10. The van der Waals surface area contributed by atoms with Crippen molar-refractivity contribution in [3.63, 3.8) is 0 Å². The molecule has 0 aromatic heterocycles. The van der Waals surface area contributed by atoms with Gasteiger partial charge < -0.3 is 0 Å². The number of carbonyl (C=O) groups is 2. The highest BCUT2D eigenvalue weighted by molar-refractivity contribution is 6.25. The van der Waals surface area contributed by atoms with Gasteiger partial charge in [-0.15, -0.1) is 0 Å². The Labute approximate surface area is 82.0 Å². The molecule has 0 fully saturated rings. The summed E-state index contributed by atoms with van der Waals surface area (Å²) < 4.78 is 0. The first-order chi connectivity index (χ1) is 6.49. The molecule has 5 nitrogen and oxygen atoms in total. The van der Waals surface area contributed by atoms with E-state index in [1.165, 1.54) is 0 Å². The van der Waals surface area contributed by atoms with Crippen molar-refractivity contribution in [2.75, 3.05) is 0 Å². The normalized spacial score (nSPS) is 22.1.